The van der Waals surface area contributed by atoms with E-state index in [1.165, 1.54) is 6.42 Å². The van der Waals surface area contributed by atoms with E-state index in [0.717, 1.165) is 6.42 Å². The van der Waals surface area contributed by atoms with Gasteiger partial charge >= 0.3 is 0 Å². The normalized spacial score (nSPS) is 37.0. The quantitative estimate of drug-likeness (QED) is 0.711. The molecule has 2 aliphatic rings. The van der Waals surface area contributed by atoms with Crippen molar-refractivity contribution < 1.29 is 9.59 Å². The van der Waals surface area contributed by atoms with Crippen LogP contribution in [0.2, 0.25) is 0 Å². The summed E-state index contributed by atoms with van der Waals surface area (Å²) in [6.07, 6.45) is 3.38. The molecule has 1 saturated carbocycles. The average molecular weight is 238 g/mol. The van der Waals surface area contributed by atoms with E-state index >= 15 is 0 Å². The monoisotopic (exact) mass is 238 g/mol. The van der Waals surface area contributed by atoms with Crippen LogP contribution in [0.1, 0.15) is 46.5 Å². The van der Waals surface area contributed by atoms with Crippen LogP contribution in [0.4, 0.5) is 0 Å². The summed E-state index contributed by atoms with van der Waals surface area (Å²) in [4.78, 5) is 22.7. The first-order valence-corrected chi connectivity index (χ1v) is 6.47. The summed E-state index contributed by atoms with van der Waals surface area (Å²) in [7, 11) is 0. The molecular formula is C13H22N2O2. The summed E-state index contributed by atoms with van der Waals surface area (Å²) in [6, 6.07) is 0.211. The Bertz CT molecular complexity index is 338. The second kappa shape index (κ2) is 4.41. The van der Waals surface area contributed by atoms with Gasteiger partial charge in [0, 0.05) is 12.5 Å². The van der Waals surface area contributed by atoms with Crippen molar-refractivity contribution in [3.05, 3.63) is 0 Å². The van der Waals surface area contributed by atoms with Gasteiger partial charge in [-0.2, -0.15) is 0 Å². The highest BCUT2D eigenvalue weighted by Gasteiger charge is 2.39. The molecule has 2 N–H and O–H groups in total. The molecule has 2 amide bonds. The van der Waals surface area contributed by atoms with Gasteiger partial charge in [-0.25, -0.2) is 0 Å². The first-order valence-electron chi connectivity index (χ1n) is 6.47. The molecule has 4 nitrogen and oxygen atoms in total. The molecule has 1 aliphatic heterocycles. The molecule has 0 aromatic heterocycles. The van der Waals surface area contributed by atoms with Crippen LogP contribution in [0.25, 0.3) is 0 Å². The number of hydrogen-bond donors (Lipinski definition) is 2. The van der Waals surface area contributed by atoms with Gasteiger partial charge < -0.3 is 5.32 Å². The zero-order valence-electron chi connectivity index (χ0n) is 10.9. The van der Waals surface area contributed by atoms with Crippen molar-refractivity contribution in [2.45, 2.75) is 58.5 Å². The number of nitrogens with one attached hydrogen (secondary N) is 2. The third-order valence-corrected chi connectivity index (χ3v) is 3.99. The molecule has 2 fully saturated rings. The molecule has 0 radical (unpaired) electrons. The van der Waals surface area contributed by atoms with Crippen molar-refractivity contribution in [3.63, 3.8) is 0 Å². The Morgan fingerprint density at radius 1 is 1.29 bits per heavy atom. The Hall–Kier alpha value is -0.900. The third-order valence-electron chi connectivity index (χ3n) is 3.99. The van der Waals surface area contributed by atoms with E-state index in [0.29, 0.717) is 30.2 Å². The predicted molar refractivity (Wildman–Crippen MR) is 65.3 cm³/mol. The fourth-order valence-corrected chi connectivity index (χ4v) is 3.23. The highest BCUT2D eigenvalue weighted by molar-refractivity contribution is 6.00. The van der Waals surface area contributed by atoms with Crippen molar-refractivity contribution in [3.8, 4) is 0 Å². The van der Waals surface area contributed by atoms with Crippen LogP contribution in [-0.4, -0.2) is 23.9 Å². The van der Waals surface area contributed by atoms with Crippen LogP contribution in [0.5, 0.6) is 0 Å². The lowest BCUT2D eigenvalue weighted by molar-refractivity contribution is -0.134. The molecular weight excluding hydrogens is 216 g/mol. The second-order valence-electron chi connectivity index (χ2n) is 6.33. The number of rotatable bonds is 2. The minimum atomic E-state index is -0.186. The van der Waals surface area contributed by atoms with Crippen LogP contribution in [0.15, 0.2) is 0 Å². The molecule has 2 rings (SSSR count). The van der Waals surface area contributed by atoms with E-state index in [9.17, 15) is 9.59 Å². The Balaban J connectivity index is 1.93. The summed E-state index contributed by atoms with van der Waals surface area (Å²) in [6.45, 7) is 6.78. The van der Waals surface area contributed by atoms with Gasteiger partial charge in [-0.05, 0) is 30.6 Å². The molecule has 1 heterocycles. The zero-order valence-corrected chi connectivity index (χ0v) is 10.9. The maximum Gasteiger partial charge on any atom is 0.243 e. The minimum absolute atomic E-state index is 0.146. The van der Waals surface area contributed by atoms with Gasteiger partial charge in [0.05, 0.1) is 6.04 Å². The van der Waals surface area contributed by atoms with E-state index in [2.05, 4.69) is 31.4 Å². The Labute approximate surface area is 103 Å². The van der Waals surface area contributed by atoms with Gasteiger partial charge in [-0.1, -0.05) is 20.8 Å². The predicted octanol–water partition coefficient (Wildman–Crippen LogP) is 1.21. The highest BCUT2D eigenvalue weighted by Crippen LogP contribution is 2.41. The summed E-state index contributed by atoms with van der Waals surface area (Å²) in [5.41, 5.74) is 0.359. The topological polar surface area (TPSA) is 58.2 Å². The lowest BCUT2D eigenvalue weighted by Crippen LogP contribution is -2.53. The summed E-state index contributed by atoms with van der Waals surface area (Å²) in [5.74, 6) is 0.293. The number of hydrogen-bond acceptors (Lipinski definition) is 3. The lowest BCUT2D eigenvalue weighted by Gasteiger charge is -2.27. The van der Waals surface area contributed by atoms with Crippen LogP contribution in [-0.2, 0) is 9.59 Å². The molecule has 1 aliphatic carbocycles. The van der Waals surface area contributed by atoms with Crippen molar-refractivity contribution in [2.24, 2.45) is 11.3 Å². The van der Waals surface area contributed by atoms with Gasteiger partial charge in [0.15, 0.2) is 0 Å². The lowest BCUT2D eigenvalue weighted by atomic mass is 9.91. The van der Waals surface area contributed by atoms with E-state index in [1.807, 2.05) is 0 Å². The van der Waals surface area contributed by atoms with E-state index in [1.54, 1.807) is 0 Å². The maximum atomic E-state index is 11.7. The molecule has 0 spiro atoms. The van der Waals surface area contributed by atoms with E-state index in [-0.39, 0.29) is 17.9 Å². The fraction of sp³-hybridized carbons (Fsp3) is 0.846. The van der Waals surface area contributed by atoms with Gasteiger partial charge in [0.1, 0.15) is 0 Å². The number of amides is 2. The van der Waals surface area contributed by atoms with Gasteiger partial charge in [-0.3, -0.25) is 14.9 Å². The summed E-state index contributed by atoms with van der Waals surface area (Å²) < 4.78 is 0. The maximum absolute atomic E-state index is 11.7. The van der Waals surface area contributed by atoms with Gasteiger partial charge in [0.25, 0.3) is 0 Å². The Morgan fingerprint density at radius 3 is 2.53 bits per heavy atom. The number of imide groups is 1. The van der Waals surface area contributed by atoms with E-state index in [4.69, 9.17) is 0 Å². The van der Waals surface area contributed by atoms with Gasteiger partial charge in [-0.15, -0.1) is 0 Å². The minimum Gasteiger partial charge on any atom is -0.303 e. The molecule has 1 saturated heterocycles. The first-order chi connectivity index (χ1) is 7.87. The van der Waals surface area contributed by atoms with Crippen molar-refractivity contribution in [1.82, 2.24) is 10.6 Å². The molecule has 96 valence electrons. The third kappa shape index (κ3) is 2.86. The molecule has 0 aromatic rings. The SMILES string of the molecule is CC1CC(C)(C)CC1NC1CCC(=O)NC1=O. The average Bonchev–Trinajstić information content (AvgIpc) is 2.44. The largest absolute Gasteiger partial charge is 0.303 e. The first kappa shape index (κ1) is 12.6. The fourth-order valence-electron chi connectivity index (χ4n) is 3.23. The molecule has 3 atom stereocenters. The van der Waals surface area contributed by atoms with Crippen LogP contribution in [0, 0.1) is 11.3 Å². The van der Waals surface area contributed by atoms with Crippen LogP contribution in [0.3, 0.4) is 0 Å². The van der Waals surface area contributed by atoms with Crippen LogP contribution >= 0.6 is 0 Å². The summed E-state index contributed by atoms with van der Waals surface area (Å²) in [5, 5.41) is 5.83. The van der Waals surface area contributed by atoms with Crippen molar-refractivity contribution >= 4 is 11.8 Å². The van der Waals surface area contributed by atoms with Crippen molar-refractivity contribution in [2.75, 3.05) is 0 Å². The second-order valence-corrected chi connectivity index (χ2v) is 6.33. The number of carbonyl (C=O) groups excluding carboxylic acids is 2. The van der Waals surface area contributed by atoms with E-state index < -0.39 is 0 Å². The molecule has 0 bridgehead atoms. The van der Waals surface area contributed by atoms with Crippen molar-refractivity contribution in [1.29, 1.82) is 0 Å². The standard InChI is InChI=1S/C13H22N2O2/c1-8-6-13(2,3)7-10(8)14-9-4-5-11(16)15-12(9)17/h8-10,14H,4-7H2,1-3H3,(H,15,16,17). The molecule has 4 heteroatoms. The Morgan fingerprint density at radius 2 is 2.00 bits per heavy atom. The zero-order chi connectivity index (χ0) is 12.6. The highest BCUT2D eigenvalue weighted by atomic mass is 16.2. The Kier molecular flexibility index (Phi) is 3.25. The number of piperidine rings is 1. The molecule has 0 aromatic carbocycles. The van der Waals surface area contributed by atoms with Gasteiger partial charge in [0.2, 0.25) is 11.8 Å². The number of carbonyl (C=O) groups is 2. The molecule has 17 heavy (non-hydrogen) atoms. The van der Waals surface area contributed by atoms with Crippen LogP contribution < -0.4 is 10.6 Å². The smallest absolute Gasteiger partial charge is 0.243 e. The molecule has 3 unspecified atom stereocenters. The summed E-state index contributed by atoms with van der Waals surface area (Å²) >= 11 is 0.